The summed E-state index contributed by atoms with van der Waals surface area (Å²) in [5.41, 5.74) is 3.46. The van der Waals surface area contributed by atoms with E-state index in [0.717, 1.165) is 21.3 Å². The van der Waals surface area contributed by atoms with Crippen molar-refractivity contribution in [2.24, 2.45) is 0 Å². The Morgan fingerprint density at radius 3 is 2.76 bits per heavy atom. The summed E-state index contributed by atoms with van der Waals surface area (Å²) in [6, 6.07) is 20.7. The topological polar surface area (TPSA) is 69.5 Å². The number of hydrogen-bond donors (Lipinski definition) is 1. The zero-order chi connectivity index (χ0) is 20.0. The van der Waals surface area contributed by atoms with E-state index in [1.54, 1.807) is 30.3 Å². The van der Waals surface area contributed by atoms with E-state index in [2.05, 4.69) is 16.0 Å². The van der Waals surface area contributed by atoms with Crippen molar-refractivity contribution < 1.29 is 0 Å². The van der Waals surface area contributed by atoms with Gasteiger partial charge >= 0.3 is 0 Å². The van der Waals surface area contributed by atoms with Crippen LogP contribution in [-0.4, -0.2) is 9.97 Å². The summed E-state index contributed by atoms with van der Waals surface area (Å²) in [5, 5.41) is 12.0. The van der Waals surface area contributed by atoms with Crippen molar-refractivity contribution in [3.63, 3.8) is 0 Å². The van der Waals surface area contributed by atoms with E-state index in [4.69, 9.17) is 11.6 Å². The molecule has 0 fully saturated rings. The number of thiazole rings is 1. The summed E-state index contributed by atoms with van der Waals surface area (Å²) >= 11 is 7.52. The number of aromatic amines is 1. The van der Waals surface area contributed by atoms with E-state index in [1.807, 2.05) is 36.4 Å². The Morgan fingerprint density at radius 1 is 1.07 bits per heavy atom. The summed E-state index contributed by atoms with van der Waals surface area (Å²) in [5.74, 6) is 0. The number of hydrogen-bond acceptors (Lipinski definition) is 4. The van der Waals surface area contributed by atoms with E-state index < -0.39 is 0 Å². The molecular formula is C23H12ClN3OS. The third-order valence-electron chi connectivity index (χ3n) is 4.74. The number of benzene rings is 3. The largest absolute Gasteiger partial charge is 0.354 e. The predicted octanol–water partition coefficient (Wildman–Crippen LogP) is 6.01. The number of aromatic nitrogens is 2. The van der Waals surface area contributed by atoms with Gasteiger partial charge in [-0.15, -0.1) is 11.3 Å². The minimum absolute atomic E-state index is 0.0702. The Bertz CT molecular complexity index is 1520. The van der Waals surface area contributed by atoms with E-state index >= 15 is 0 Å². The fourth-order valence-electron chi connectivity index (χ4n) is 3.35. The first kappa shape index (κ1) is 17.6. The van der Waals surface area contributed by atoms with Gasteiger partial charge in [-0.2, -0.15) is 5.26 Å². The highest BCUT2D eigenvalue weighted by Gasteiger charge is 2.10. The number of rotatable bonds is 2. The molecule has 1 N–H and O–H groups in total. The molecule has 138 valence electrons. The summed E-state index contributed by atoms with van der Waals surface area (Å²) < 4.78 is 1.03. The normalized spacial score (nSPS) is 11.9. The van der Waals surface area contributed by atoms with Gasteiger partial charge in [-0.05, 0) is 54.1 Å². The van der Waals surface area contributed by atoms with Gasteiger partial charge in [0, 0.05) is 21.3 Å². The maximum atomic E-state index is 12.9. The number of para-hydroxylation sites is 1. The standard InChI is InChI=1S/C23H12ClN3OS/c24-15-6-7-16-20(11-15)26-18-8-5-13(10-17(18)22(16)28)9-14(12-25)23-27-19-3-1-2-4-21(19)29-23/h1-11H,(H,26,28)/b14-9+. The smallest absolute Gasteiger partial charge is 0.197 e. The van der Waals surface area contributed by atoms with Crippen LogP contribution in [0.5, 0.6) is 0 Å². The SMILES string of the molecule is N#C/C(=C\c1ccc2[nH]c3cc(Cl)ccc3c(=O)c2c1)c1nc2ccccc2s1. The monoisotopic (exact) mass is 413 g/mol. The fourth-order valence-corrected chi connectivity index (χ4v) is 4.46. The Labute approximate surface area is 174 Å². The van der Waals surface area contributed by atoms with Gasteiger partial charge in [-0.25, -0.2) is 4.98 Å². The molecule has 0 spiro atoms. The van der Waals surface area contributed by atoms with Gasteiger partial charge < -0.3 is 4.98 Å². The molecule has 0 aliphatic heterocycles. The molecule has 4 nitrogen and oxygen atoms in total. The maximum absolute atomic E-state index is 12.9. The average Bonchev–Trinajstić information content (AvgIpc) is 3.16. The molecule has 5 rings (SSSR count). The van der Waals surface area contributed by atoms with Crippen LogP contribution in [0.15, 0.2) is 65.5 Å². The quantitative estimate of drug-likeness (QED) is 0.284. The molecular weight excluding hydrogens is 402 g/mol. The molecule has 0 aliphatic carbocycles. The molecule has 0 saturated heterocycles. The zero-order valence-electron chi connectivity index (χ0n) is 14.9. The lowest BCUT2D eigenvalue weighted by atomic mass is 10.1. The van der Waals surface area contributed by atoms with Gasteiger partial charge in [0.15, 0.2) is 5.43 Å². The van der Waals surface area contributed by atoms with Crippen LogP contribution in [0, 0.1) is 11.3 Å². The van der Waals surface area contributed by atoms with E-state index in [9.17, 15) is 10.1 Å². The Balaban J connectivity index is 1.66. The van der Waals surface area contributed by atoms with Crippen LogP contribution in [0.1, 0.15) is 10.6 Å². The van der Waals surface area contributed by atoms with Gasteiger partial charge in [0.1, 0.15) is 11.1 Å². The number of nitrogens with zero attached hydrogens (tertiary/aromatic N) is 2. The predicted molar refractivity (Wildman–Crippen MR) is 120 cm³/mol. The van der Waals surface area contributed by atoms with Crippen molar-refractivity contribution in [2.45, 2.75) is 0 Å². The number of pyridine rings is 1. The molecule has 3 aromatic carbocycles. The second-order valence-corrected chi connectivity index (χ2v) is 8.07. The first-order valence-electron chi connectivity index (χ1n) is 8.85. The maximum Gasteiger partial charge on any atom is 0.197 e. The lowest BCUT2D eigenvalue weighted by molar-refractivity contribution is 1.43. The van der Waals surface area contributed by atoms with Crippen molar-refractivity contribution in [1.82, 2.24) is 9.97 Å². The van der Waals surface area contributed by atoms with Gasteiger partial charge in [0.25, 0.3) is 0 Å². The van der Waals surface area contributed by atoms with Gasteiger partial charge in [-0.3, -0.25) is 4.79 Å². The molecule has 0 atom stereocenters. The van der Waals surface area contributed by atoms with E-state index in [0.29, 0.717) is 31.9 Å². The molecule has 0 saturated carbocycles. The minimum Gasteiger partial charge on any atom is -0.354 e. The second kappa shape index (κ2) is 6.85. The zero-order valence-corrected chi connectivity index (χ0v) is 16.5. The Morgan fingerprint density at radius 2 is 1.93 bits per heavy atom. The third-order valence-corrected chi connectivity index (χ3v) is 6.04. The van der Waals surface area contributed by atoms with Crippen molar-refractivity contribution >= 4 is 66.6 Å². The summed E-state index contributed by atoms with van der Waals surface area (Å²) in [6.45, 7) is 0. The number of halogens is 1. The number of fused-ring (bicyclic) bond motifs is 3. The molecule has 2 aromatic heterocycles. The molecule has 0 amide bonds. The van der Waals surface area contributed by atoms with Gasteiger partial charge in [0.05, 0.1) is 21.3 Å². The second-order valence-electron chi connectivity index (χ2n) is 6.61. The summed E-state index contributed by atoms with van der Waals surface area (Å²) in [4.78, 5) is 20.7. The van der Waals surface area contributed by atoms with Crippen LogP contribution in [0.3, 0.4) is 0 Å². The molecule has 6 heteroatoms. The minimum atomic E-state index is -0.0702. The van der Waals surface area contributed by atoms with E-state index in [-0.39, 0.29) is 5.43 Å². The molecule has 0 unspecified atom stereocenters. The number of allylic oxidation sites excluding steroid dienone is 1. The fraction of sp³-hybridized carbons (Fsp3) is 0. The lowest BCUT2D eigenvalue weighted by Crippen LogP contribution is -2.04. The van der Waals surface area contributed by atoms with Crippen molar-refractivity contribution in [3.05, 3.63) is 86.5 Å². The van der Waals surface area contributed by atoms with Crippen LogP contribution >= 0.6 is 22.9 Å². The van der Waals surface area contributed by atoms with Crippen molar-refractivity contribution in [3.8, 4) is 6.07 Å². The Kier molecular flexibility index (Phi) is 4.17. The molecule has 5 aromatic rings. The van der Waals surface area contributed by atoms with Gasteiger partial charge in [-0.1, -0.05) is 29.8 Å². The molecule has 2 heterocycles. The highest BCUT2D eigenvalue weighted by molar-refractivity contribution is 7.19. The summed E-state index contributed by atoms with van der Waals surface area (Å²) in [6.07, 6.45) is 1.77. The van der Waals surface area contributed by atoms with Crippen molar-refractivity contribution in [1.29, 1.82) is 5.26 Å². The molecule has 29 heavy (non-hydrogen) atoms. The van der Waals surface area contributed by atoms with Crippen LogP contribution in [0.25, 0.3) is 43.7 Å². The average molecular weight is 414 g/mol. The third kappa shape index (κ3) is 3.09. The molecule has 0 aliphatic rings. The van der Waals surface area contributed by atoms with Crippen LogP contribution in [-0.2, 0) is 0 Å². The number of nitriles is 1. The molecule has 0 bridgehead atoms. The highest BCUT2D eigenvalue weighted by Crippen LogP contribution is 2.28. The first-order valence-corrected chi connectivity index (χ1v) is 10.0. The summed E-state index contributed by atoms with van der Waals surface area (Å²) in [7, 11) is 0. The van der Waals surface area contributed by atoms with E-state index in [1.165, 1.54) is 11.3 Å². The van der Waals surface area contributed by atoms with Crippen LogP contribution in [0.4, 0.5) is 0 Å². The number of H-pyrrole nitrogens is 1. The van der Waals surface area contributed by atoms with Crippen LogP contribution in [0.2, 0.25) is 5.02 Å². The Hall–Kier alpha value is -3.46. The van der Waals surface area contributed by atoms with Crippen LogP contribution < -0.4 is 5.43 Å². The van der Waals surface area contributed by atoms with Crippen molar-refractivity contribution in [2.75, 3.05) is 0 Å². The first-order chi connectivity index (χ1) is 14.1. The molecule has 0 radical (unpaired) electrons. The van der Waals surface area contributed by atoms with Gasteiger partial charge in [0.2, 0.25) is 0 Å². The number of nitrogens with one attached hydrogen (secondary N) is 1. The highest BCUT2D eigenvalue weighted by atomic mass is 35.5. The lowest BCUT2D eigenvalue weighted by Gasteiger charge is -2.04.